The zero-order valence-corrected chi connectivity index (χ0v) is 22.5. The number of methoxy groups -OCH3 is 1. The standard InChI is InChI=1S/C29H37N5O2S/c1-36-22-12-17-34(18-22)29-32-26-19-33(16-13-27(26)37-29)15-11-20-7-9-21(10-8-20)31-28(35)24-4-2-6-25-23(24)5-3-14-30-25/h2-6,14,20-22H,7-13,15-19H2,1H3,(H,31,35)/t20-,21-,22-/m1/s1. The molecule has 1 aromatic carbocycles. The Morgan fingerprint density at radius 1 is 1.14 bits per heavy atom. The van der Waals surface area contributed by atoms with Crippen molar-refractivity contribution in [2.24, 2.45) is 5.92 Å². The lowest BCUT2D eigenvalue weighted by Gasteiger charge is -2.32. The molecule has 1 saturated heterocycles. The minimum Gasteiger partial charge on any atom is -0.380 e. The SMILES string of the molecule is CO[C@@H]1CCN(c2nc3c(s2)CCN(CC[C@H]2CC[C@H](NC(=O)c4cccc5ncccc45)CC2)C3)C1. The summed E-state index contributed by atoms with van der Waals surface area (Å²) in [7, 11) is 1.81. The summed E-state index contributed by atoms with van der Waals surface area (Å²) in [4.78, 5) is 28.9. The Kier molecular flexibility index (Phi) is 7.40. The molecular formula is C29H37N5O2S. The molecule has 3 aliphatic rings. The highest BCUT2D eigenvalue weighted by molar-refractivity contribution is 7.15. The van der Waals surface area contributed by atoms with Crippen molar-refractivity contribution in [3.8, 4) is 0 Å². The molecule has 37 heavy (non-hydrogen) atoms. The van der Waals surface area contributed by atoms with Gasteiger partial charge in [0.25, 0.3) is 5.91 Å². The monoisotopic (exact) mass is 519 g/mol. The number of carbonyl (C=O) groups excluding carboxylic acids is 1. The number of hydrogen-bond acceptors (Lipinski definition) is 7. The van der Waals surface area contributed by atoms with E-state index in [0.717, 1.165) is 80.8 Å². The molecule has 2 aromatic heterocycles. The first kappa shape index (κ1) is 24.8. The maximum absolute atomic E-state index is 13.0. The van der Waals surface area contributed by atoms with Crippen LogP contribution in [0.25, 0.3) is 10.9 Å². The minimum atomic E-state index is 0.0282. The van der Waals surface area contributed by atoms with Gasteiger partial charge in [-0.05, 0) is 75.6 Å². The number of anilines is 1. The Bertz CT molecular complexity index is 1230. The van der Waals surface area contributed by atoms with Gasteiger partial charge in [-0.2, -0.15) is 0 Å². The van der Waals surface area contributed by atoms with E-state index >= 15 is 0 Å². The topological polar surface area (TPSA) is 70.6 Å². The molecule has 8 heteroatoms. The molecule has 1 amide bonds. The van der Waals surface area contributed by atoms with Gasteiger partial charge in [0.15, 0.2) is 5.13 Å². The zero-order valence-electron chi connectivity index (χ0n) is 21.7. The lowest BCUT2D eigenvalue weighted by atomic mass is 9.84. The van der Waals surface area contributed by atoms with Crippen molar-refractivity contribution in [1.29, 1.82) is 0 Å². The number of thiazole rings is 1. The van der Waals surface area contributed by atoms with E-state index in [-0.39, 0.29) is 11.9 Å². The normalized spacial score (nSPS) is 24.4. The Hall–Kier alpha value is -2.55. The van der Waals surface area contributed by atoms with Crippen LogP contribution in [0.1, 0.15) is 59.5 Å². The van der Waals surface area contributed by atoms with Gasteiger partial charge in [-0.1, -0.05) is 12.1 Å². The number of rotatable bonds is 7. The summed E-state index contributed by atoms with van der Waals surface area (Å²) in [6.45, 7) is 5.29. The van der Waals surface area contributed by atoms with Crippen molar-refractivity contribution < 1.29 is 9.53 Å². The number of nitrogens with zero attached hydrogens (tertiary/aromatic N) is 4. The number of hydrogen-bond donors (Lipinski definition) is 1. The average molecular weight is 520 g/mol. The molecule has 0 bridgehead atoms. The van der Waals surface area contributed by atoms with E-state index in [1.165, 1.54) is 35.0 Å². The zero-order chi connectivity index (χ0) is 25.2. The molecule has 1 aliphatic carbocycles. The molecule has 2 fully saturated rings. The predicted molar refractivity (Wildman–Crippen MR) is 148 cm³/mol. The highest BCUT2D eigenvalue weighted by Crippen LogP contribution is 2.33. The van der Waals surface area contributed by atoms with E-state index in [4.69, 9.17) is 9.72 Å². The molecule has 3 aromatic rings. The second kappa shape index (κ2) is 11.1. The fraction of sp³-hybridized carbons (Fsp3) is 0.552. The number of benzene rings is 1. The van der Waals surface area contributed by atoms with Crippen molar-refractivity contribution in [1.82, 2.24) is 20.2 Å². The smallest absolute Gasteiger partial charge is 0.252 e. The van der Waals surface area contributed by atoms with Crippen LogP contribution in [0, 0.1) is 5.92 Å². The average Bonchev–Trinajstić information content (AvgIpc) is 3.59. The number of pyridine rings is 1. The highest BCUT2D eigenvalue weighted by Gasteiger charge is 2.28. The summed E-state index contributed by atoms with van der Waals surface area (Å²) >= 11 is 1.89. The van der Waals surface area contributed by atoms with Gasteiger partial charge in [0.2, 0.25) is 0 Å². The van der Waals surface area contributed by atoms with Crippen LogP contribution in [-0.4, -0.2) is 66.2 Å². The van der Waals surface area contributed by atoms with E-state index in [0.29, 0.717) is 6.10 Å². The fourth-order valence-corrected chi connectivity index (χ4v) is 7.28. The predicted octanol–water partition coefficient (Wildman–Crippen LogP) is 4.65. The van der Waals surface area contributed by atoms with E-state index in [2.05, 4.69) is 20.1 Å². The van der Waals surface area contributed by atoms with Gasteiger partial charge in [0.1, 0.15) is 0 Å². The second-order valence-electron chi connectivity index (χ2n) is 10.8. The second-order valence-corrected chi connectivity index (χ2v) is 11.9. The number of ether oxygens (including phenoxy) is 1. The molecule has 0 radical (unpaired) electrons. The summed E-state index contributed by atoms with van der Waals surface area (Å²) < 4.78 is 5.54. The largest absolute Gasteiger partial charge is 0.380 e. The minimum absolute atomic E-state index is 0.0282. The first-order chi connectivity index (χ1) is 18.2. The molecule has 7 nitrogen and oxygen atoms in total. The van der Waals surface area contributed by atoms with Crippen molar-refractivity contribution in [3.05, 3.63) is 52.7 Å². The lowest BCUT2D eigenvalue weighted by molar-refractivity contribution is 0.0921. The van der Waals surface area contributed by atoms with Crippen LogP contribution in [0.4, 0.5) is 5.13 Å². The van der Waals surface area contributed by atoms with E-state index in [1.54, 1.807) is 6.20 Å². The lowest BCUT2D eigenvalue weighted by Crippen LogP contribution is -2.38. The van der Waals surface area contributed by atoms with Gasteiger partial charge in [-0.25, -0.2) is 4.98 Å². The third kappa shape index (κ3) is 5.52. The van der Waals surface area contributed by atoms with Crippen LogP contribution in [0.15, 0.2) is 36.5 Å². The van der Waals surface area contributed by atoms with Gasteiger partial charge in [-0.3, -0.25) is 14.7 Å². The van der Waals surface area contributed by atoms with Crippen LogP contribution in [-0.2, 0) is 17.7 Å². The van der Waals surface area contributed by atoms with E-state index in [1.807, 2.05) is 48.8 Å². The third-order valence-electron chi connectivity index (χ3n) is 8.47. The molecule has 1 saturated carbocycles. The number of aromatic nitrogens is 2. The number of amides is 1. The molecule has 1 atom stereocenters. The summed E-state index contributed by atoms with van der Waals surface area (Å²) in [5.41, 5.74) is 2.89. The van der Waals surface area contributed by atoms with Crippen LogP contribution < -0.4 is 10.2 Å². The van der Waals surface area contributed by atoms with Gasteiger partial charge in [0, 0.05) is 61.4 Å². The maximum Gasteiger partial charge on any atom is 0.252 e. The highest BCUT2D eigenvalue weighted by atomic mass is 32.1. The molecule has 4 heterocycles. The van der Waals surface area contributed by atoms with Gasteiger partial charge >= 0.3 is 0 Å². The molecule has 6 rings (SSSR count). The van der Waals surface area contributed by atoms with Crippen LogP contribution >= 0.6 is 11.3 Å². The van der Waals surface area contributed by atoms with Crippen molar-refractivity contribution in [2.45, 2.75) is 63.6 Å². The molecular weight excluding hydrogens is 482 g/mol. The van der Waals surface area contributed by atoms with Crippen molar-refractivity contribution in [3.63, 3.8) is 0 Å². The van der Waals surface area contributed by atoms with Crippen molar-refractivity contribution >= 4 is 33.3 Å². The van der Waals surface area contributed by atoms with Crippen LogP contribution in [0.3, 0.4) is 0 Å². The van der Waals surface area contributed by atoms with Crippen molar-refractivity contribution in [2.75, 3.05) is 38.2 Å². The number of nitrogens with one attached hydrogen (secondary N) is 1. The molecule has 2 aliphatic heterocycles. The Morgan fingerprint density at radius 3 is 2.86 bits per heavy atom. The van der Waals surface area contributed by atoms with Gasteiger partial charge in [-0.15, -0.1) is 11.3 Å². The van der Waals surface area contributed by atoms with Crippen LogP contribution in [0.5, 0.6) is 0 Å². The van der Waals surface area contributed by atoms with Crippen LogP contribution in [0.2, 0.25) is 0 Å². The van der Waals surface area contributed by atoms with Gasteiger partial charge < -0.3 is 15.0 Å². The fourth-order valence-electron chi connectivity index (χ4n) is 6.18. The van der Waals surface area contributed by atoms with Gasteiger partial charge in [0.05, 0.1) is 17.3 Å². The third-order valence-corrected chi connectivity index (χ3v) is 9.69. The molecule has 0 unspecified atom stereocenters. The summed E-state index contributed by atoms with van der Waals surface area (Å²) in [5.74, 6) is 0.776. The molecule has 196 valence electrons. The maximum atomic E-state index is 13.0. The quantitative estimate of drug-likeness (QED) is 0.490. The molecule has 1 N–H and O–H groups in total. The summed E-state index contributed by atoms with van der Waals surface area (Å²) in [6.07, 6.45) is 10.1. The number of carbonyl (C=O) groups is 1. The Morgan fingerprint density at radius 2 is 2.03 bits per heavy atom. The molecule has 0 spiro atoms. The first-order valence-electron chi connectivity index (χ1n) is 13.8. The Labute approximate surface area is 223 Å². The Balaban J connectivity index is 0.959. The first-order valence-corrected chi connectivity index (χ1v) is 14.6. The van der Waals surface area contributed by atoms with E-state index in [9.17, 15) is 4.79 Å². The summed E-state index contributed by atoms with van der Waals surface area (Å²) in [6, 6.07) is 9.92. The summed E-state index contributed by atoms with van der Waals surface area (Å²) in [5, 5.41) is 5.41. The number of fused-ring (bicyclic) bond motifs is 2. The van der Waals surface area contributed by atoms with E-state index < -0.39 is 0 Å².